The Balaban J connectivity index is 2.53. The van der Waals surface area contributed by atoms with Gasteiger partial charge in [0.2, 0.25) is 5.91 Å². The molecule has 0 aliphatic carbocycles. The molecular formula is C11H20N2O4. The highest BCUT2D eigenvalue weighted by molar-refractivity contribution is 5.83. The van der Waals surface area contributed by atoms with Crippen molar-refractivity contribution in [1.82, 2.24) is 10.2 Å². The van der Waals surface area contributed by atoms with Crippen LogP contribution in [0.5, 0.6) is 0 Å². The third-order valence-corrected chi connectivity index (χ3v) is 3.11. The lowest BCUT2D eigenvalue weighted by atomic mass is 9.88. The third-order valence-electron chi connectivity index (χ3n) is 3.11. The minimum atomic E-state index is -0.992. The number of amides is 1. The second kappa shape index (κ2) is 6.56. The largest absolute Gasteiger partial charge is 0.480 e. The predicted octanol–water partition coefficient (Wildman–Crippen LogP) is -0.598. The maximum atomic E-state index is 12.1. The fourth-order valence-electron chi connectivity index (χ4n) is 1.79. The van der Waals surface area contributed by atoms with Crippen molar-refractivity contribution in [2.45, 2.75) is 6.92 Å². The third kappa shape index (κ3) is 3.98. The maximum Gasteiger partial charge on any atom is 0.323 e. The zero-order valence-corrected chi connectivity index (χ0v) is 10.3. The minimum Gasteiger partial charge on any atom is -0.480 e. The smallest absolute Gasteiger partial charge is 0.323 e. The SMILES string of the molecule is COCCN(CC(=O)O)C(=O)C(C)C1CNC1. The number of rotatable bonds is 7. The highest BCUT2D eigenvalue weighted by Gasteiger charge is 2.32. The summed E-state index contributed by atoms with van der Waals surface area (Å²) in [7, 11) is 1.53. The van der Waals surface area contributed by atoms with Gasteiger partial charge in [-0.15, -0.1) is 0 Å². The molecule has 1 saturated heterocycles. The molecule has 0 bridgehead atoms. The quantitative estimate of drug-likeness (QED) is 0.625. The Hall–Kier alpha value is -1.14. The molecule has 1 atom stereocenters. The second-order valence-corrected chi connectivity index (χ2v) is 4.35. The Morgan fingerprint density at radius 2 is 2.18 bits per heavy atom. The summed E-state index contributed by atoms with van der Waals surface area (Å²) in [6.07, 6.45) is 0. The van der Waals surface area contributed by atoms with E-state index in [0.717, 1.165) is 13.1 Å². The number of nitrogens with one attached hydrogen (secondary N) is 1. The summed E-state index contributed by atoms with van der Waals surface area (Å²) in [5.41, 5.74) is 0. The molecule has 1 aliphatic rings. The summed E-state index contributed by atoms with van der Waals surface area (Å²) in [5, 5.41) is 11.9. The molecule has 1 fully saturated rings. The lowest BCUT2D eigenvalue weighted by Gasteiger charge is -2.34. The van der Waals surface area contributed by atoms with Gasteiger partial charge in [0, 0.05) is 19.6 Å². The summed E-state index contributed by atoms with van der Waals surface area (Å²) in [4.78, 5) is 24.2. The van der Waals surface area contributed by atoms with Crippen LogP contribution in [0.4, 0.5) is 0 Å². The van der Waals surface area contributed by atoms with Gasteiger partial charge in [-0.2, -0.15) is 0 Å². The van der Waals surface area contributed by atoms with Crippen LogP contribution < -0.4 is 5.32 Å². The lowest BCUT2D eigenvalue weighted by molar-refractivity contribution is -0.147. The topological polar surface area (TPSA) is 78.9 Å². The van der Waals surface area contributed by atoms with E-state index in [2.05, 4.69) is 5.32 Å². The van der Waals surface area contributed by atoms with Crippen LogP contribution in [-0.2, 0) is 14.3 Å². The van der Waals surface area contributed by atoms with Crippen molar-refractivity contribution in [1.29, 1.82) is 0 Å². The molecule has 6 heteroatoms. The van der Waals surface area contributed by atoms with E-state index in [9.17, 15) is 9.59 Å². The van der Waals surface area contributed by atoms with Crippen LogP contribution in [0.15, 0.2) is 0 Å². The summed E-state index contributed by atoms with van der Waals surface area (Å²) in [6, 6.07) is 0. The van der Waals surface area contributed by atoms with Crippen LogP contribution in [0.3, 0.4) is 0 Å². The second-order valence-electron chi connectivity index (χ2n) is 4.35. The first-order valence-corrected chi connectivity index (χ1v) is 5.76. The molecule has 0 saturated carbocycles. The van der Waals surface area contributed by atoms with Crippen molar-refractivity contribution in [3.8, 4) is 0 Å². The number of nitrogens with zero attached hydrogens (tertiary/aromatic N) is 1. The van der Waals surface area contributed by atoms with Crippen LogP contribution in [0.2, 0.25) is 0 Å². The average Bonchev–Trinajstić information content (AvgIpc) is 2.20. The number of methoxy groups -OCH3 is 1. The highest BCUT2D eigenvalue weighted by atomic mass is 16.5. The van der Waals surface area contributed by atoms with Gasteiger partial charge in [0.1, 0.15) is 6.54 Å². The van der Waals surface area contributed by atoms with E-state index < -0.39 is 5.97 Å². The first kappa shape index (κ1) is 13.9. The number of hydrogen-bond acceptors (Lipinski definition) is 4. The summed E-state index contributed by atoms with van der Waals surface area (Å²) < 4.78 is 4.89. The van der Waals surface area contributed by atoms with Gasteiger partial charge in [0.25, 0.3) is 0 Å². The molecule has 6 nitrogen and oxygen atoms in total. The van der Waals surface area contributed by atoms with Gasteiger partial charge in [-0.1, -0.05) is 6.92 Å². The Bertz CT molecular complexity index is 279. The first-order chi connectivity index (χ1) is 8.06. The van der Waals surface area contributed by atoms with Gasteiger partial charge in [-0.25, -0.2) is 0 Å². The lowest BCUT2D eigenvalue weighted by Crippen LogP contribution is -2.51. The van der Waals surface area contributed by atoms with E-state index in [1.54, 1.807) is 0 Å². The molecule has 0 aromatic heterocycles. The van der Waals surface area contributed by atoms with Crippen molar-refractivity contribution in [2.24, 2.45) is 11.8 Å². The summed E-state index contributed by atoms with van der Waals surface area (Å²) in [6.45, 7) is 3.94. The monoisotopic (exact) mass is 244 g/mol. The van der Waals surface area contributed by atoms with E-state index in [0.29, 0.717) is 19.1 Å². The molecule has 1 amide bonds. The van der Waals surface area contributed by atoms with E-state index >= 15 is 0 Å². The van der Waals surface area contributed by atoms with Gasteiger partial charge >= 0.3 is 5.97 Å². The zero-order chi connectivity index (χ0) is 12.8. The molecule has 1 unspecified atom stereocenters. The van der Waals surface area contributed by atoms with Gasteiger partial charge in [-0.05, 0) is 19.0 Å². The number of ether oxygens (including phenoxy) is 1. The van der Waals surface area contributed by atoms with Gasteiger partial charge in [0.05, 0.1) is 6.61 Å². The number of carbonyl (C=O) groups is 2. The Labute approximate surface area is 101 Å². The Morgan fingerprint density at radius 3 is 2.59 bits per heavy atom. The molecule has 0 spiro atoms. The molecular weight excluding hydrogens is 224 g/mol. The zero-order valence-electron chi connectivity index (χ0n) is 10.3. The van der Waals surface area contributed by atoms with E-state index in [-0.39, 0.29) is 18.4 Å². The molecule has 98 valence electrons. The van der Waals surface area contributed by atoms with E-state index in [1.165, 1.54) is 12.0 Å². The molecule has 2 N–H and O–H groups in total. The van der Waals surface area contributed by atoms with Gasteiger partial charge < -0.3 is 20.1 Å². The van der Waals surface area contributed by atoms with Gasteiger partial charge in [0.15, 0.2) is 0 Å². The number of hydrogen-bond donors (Lipinski definition) is 2. The normalized spacial score (nSPS) is 17.3. The van der Waals surface area contributed by atoms with Crippen molar-refractivity contribution in [3.63, 3.8) is 0 Å². The summed E-state index contributed by atoms with van der Waals surface area (Å²) in [5.74, 6) is -0.905. The van der Waals surface area contributed by atoms with Crippen LogP contribution in [-0.4, -0.2) is 61.8 Å². The Kier molecular flexibility index (Phi) is 5.37. The van der Waals surface area contributed by atoms with Crippen LogP contribution in [0.25, 0.3) is 0 Å². The van der Waals surface area contributed by atoms with E-state index in [1.807, 2.05) is 6.92 Å². The predicted molar refractivity (Wildman–Crippen MR) is 61.6 cm³/mol. The first-order valence-electron chi connectivity index (χ1n) is 5.76. The van der Waals surface area contributed by atoms with Crippen molar-refractivity contribution in [3.05, 3.63) is 0 Å². The van der Waals surface area contributed by atoms with Crippen molar-refractivity contribution >= 4 is 11.9 Å². The van der Waals surface area contributed by atoms with Crippen LogP contribution in [0.1, 0.15) is 6.92 Å². The molecule has 0 aromatic carbocycles. The van der Waals surface area contributed by atoms with E-state index in [4.69, 9.17) is 9.84 Å². The highest BCUT2D eigenvalue weighted by Crippen LogP contribution is 2.18. The number of carboxylic acid groups (broad SMARTS) is 1. The Morgan fingerprint density at radius 1 is 1.53 bits per heavy atom. The molecule has 0 radical (unpaired) electrons. The maximum absolute atomic E-state index is 12.1. The fourth-order valence-corrected chi connectivity index (χ4v) is 1.79. The number of aliphatic carboxylic acids is 1. The van der Waals surface area contributed by atoms with Crippen LogP contribution in [0, 0.1) is 11.8 Å². The van der Waals surface area contributed by atoms with Crippen LogP contribution >= 0.6 is 0 Å². The van der Waals surface area contributed by atoms with Crippen molar-refractivity contribution < 1.29 is 19.4 Å². The fraction of sp³-hybridized carbons (Fsp3) is 0.818. The van der Waals surface area contributed by atoms with Gasteiger partial charge in [-0.3, -0.25) is 9.59 Å². The summed E-state index contributed by atoms with van der Waals surface area (Å²) >= 11 is 0. The minimum absolute atomic E-state index is 0.101. The standard InChI is InChI=1S/C11H20N2O4/c1-8(9-5-12-6-9)11(16)13(3-4-17-2)7-10(14)15/h8-9,12H,3-7H2,1-2H3,(H,14,15). The molecule has 1 heterocycles. The molecule has 1 rings (SSSR count). The van der Waals surface area contributed by atoms with Crippen molar-refractivity contribution in [2.75, 3.05) is 39.9 Å². The molecule has 1 aliphatic heterocycles. The molecule has 17 heavy (non-hydrogen) atoms. The number of carbonyl (C=O) groups excluding carboxylic acids is 1. The average molecular weight is 244 g/mol. The number of carboxylic acids is 1. The molecule has 0 aromatic rings.